The van der Waals surface area contributed by atoms with Crippen LogP contribution in [0.3, 0.4) is 0 Å². The van der Waals surface area contributed by atoms with E-state index in [9.17, 15) is 4.79 Å². The van der Waals surface area contributed by atoms with Gasteiger partial charge in [-0.2, -0.15) is 0 Å². The smallest absolute Gasteiger partial charge is 0.416 e. The molecule has 3 aliphatic rings. The van der Waals surface area contributed by atoms with Crippen molar-refractivity contribution in [2.24, 2.45) is 0 Å². The molecule has 0 radical (unpaired) electrons. The zero-order valence-corrected chi connectivity index (χ0v) is 13.7. The summed E-state index contributed by atoms with van der Waals surface area (Å²) in [6.07, 6.45) is 7.40. The molecule has 124 valence electrons. The fraction of sp³-hybridized carbons (Fsp3) is 0.706. The van der Waals surface area contributed by atoms with Crippen molar-refractivity contribution in [1.82, 2.24) is 15.3 Å². The number of aromatic nitrogens is 2. The van der Waals surface area contributed by atoms with Crippen molar-refractivity contribution in [2.75, 3.05) is 18.0 Å². The Hall–Kier alpha value is -1.69. The average molecular weight is 316 g/mol. The highest BCUT2D eigenvalue weighted by molar-refractivity contribution is 5.89. The number of ether oxygens (including phenoxy) is 1. The van der Waals surface area contributed by atoms with E-state index in [1.165, 1.54) is 6.42 Å². The van der Waals surface area contributed by atoms with E-state index in [4.69, 9.17) is 4.74 Å². The van der Waals surface area contributed by atoms with Crippen molar-refractivity contribution < 1.29 is 9.53 Å². The van der Waals surface area contributed by atoms with Gasteiger partial charge in [-0.3, -0.25) is 4.90 Å². The predicted octanol–water partition coefficient (Wildman–Crippen LogP) is 2.87. The van der Waals surface area contributed by atoms with Crippen molar-refractivity contribution >= 4 is 11.9 Å². The highest BCUT2D eigenvalue weighted by Crippen LogP contribution is 2.38. The van der Waals surface area contributed by atoms with Crippen molar-refractivity contribution in [3.05, 3.63) is 17.6 Å². The third kappa shape index (κ3) is 2.80. The lowest BCUT2D eigenvalue weighted by atomic mass is 9.85. The minimum atomic E-state index is -0.292. The Kier molecular flexibility index (Phi) is 3.71. The minimum Gasteiger partial charge on any atom is -0.441 e. The van der Waals surface area contributed by atoms with E-state index in [0.717, 1.165) is 56.6 Å². The van der Waals surface area contributed by atoms with E-state index in [1.807, 2.05) is 13.0 Å². The standard InChI is InChI=1S/C17H24N4O2/c1-12-10-14(20-15(19-12)13-6-5-9-18-13)21-11-17(23-16(21)22)7-3-2-4-8-17/h10,13,18H,2-9,11H2,1H3. The topological polar surface area (TPSA) is 67.3 Å². The molecule has 1 aromatic heterocycles. The molecule has 1 atom stereocenters. The van der Waals surface area contributed by atoms with Crippen LogP contribution in [0.2, 0.25) is 0 Å². The quantitative estimate of drug-likeness (QED) is 0.908. The van der Waals surface area contributed by atoms with E-state index >= 15 is 0 Å². The number of amides is 1. The van der Waals surface area contributed by atoms with Crippen molar-refractivity contribution in [1.29, 1.82) is 0 Å². The molecule has 3 heterocycles. The highest BCUT2D eigenvalue weighted by atomic mass is 16.6. The number of aryl methyl sites for hydroxylation is 1. The molecular formula is C17H24N4O2. The normalized spacial score (nSPS) is 26.7. The molecule has 2 saturated heterocycles. The van der Waals surface area contributed by atoms with Crippen LogP contribution >= 0.6 is 0 Å². The molecule has 1 amide bonds. The molecule has 1 N–H and O–H groups in total. The maximum Gasteiger partial charge on any atom is 0.416 e. The number of carbonyl (C=O) groups excluding carboxylic acids is 1. The Balaban J connectivity index is 1.61. The summed E-state index contributed by atoms with van der Waals surface area (Å²) in [5.41, 5.74) is 0.607. The molecule has 23 heavy (non-hydrogen) atoms. The van der Waals surface area contributed by atoms with Crippen molar-refractivity contribution in [2.45, 2.75) is 63.5 Å². The maximum atomic E-state index is 12.4. The summed E-state index contributed by atoms with van der Waals surface area (Å²) in [7, 11) is 0. The molecule has 1 saturated carbocycles. The summed E-state index contributed by atoms with van der Waals surface area (Å²) < 4.78 is 5.77. The first-order valence-electron chi connectivity index (χ1n) is 8.75. The lowest BCUT2D eigenvalue weighted by molar-refractivity contribution is 0.0260. The van der Waals surface area contributed by atoms with Gasteiger partial charge in [0.1, 0.15) is 17.2 Å². The second-order valence-electron chi connectivity index (χ2n) is 7.07. The zero-order valence-electron chi connectivity index (χ0n) is 13.7. The van der Waals surface area contributed by atoms with Gasteiger partial charge < -0.3 is 10.1 Å². The van der Waals surface area contributed by atoms with Crippen LogP contribution < -0.4 is 10.2 Å². The molecule has 1 aromatic rings. The molecule has 6 nitrogen and oxygen atoms in total. The molecule has 0 bridgehead atoms. The Bertz CT molecular complexity index is 607. The van der Waals surface area contributed by atoms with E-state index in [1.54, 1.807) is 4.90 Å². The van der Waals surface area contributed by atoms with Gasteiger partial charge in [0, 0.05) is 11.8 Å². The van der Waals surface area contributed by atoms with Crippen molar-refractivity contribution in [3.8, 4) is 0 Å². The summed E-state index contributed by atoms with van der Waals surface area (Å²) in [5, 5.41) is 3.43. The molecule has 4 rings (SSSR count). The zero-order chi connectivity index (χ0) is 15.9. The van der Waals surface area contributed by atoms with E-state index in [-0.39, 0.29) is 17.7 Å². The Labute approximate surface area is 136 Å². The number of anilines is 1. The second kappa shape index (κ2) is 5.74. The number of nitrogens with zero attached hydrogens (tertiary/aromatic N) is 3. The van der Waals surface area contributed by atoms with Crippen LogP contribution in [0, 0.1) is 6.92 Å². The number of rotatable bonds is 2. The van der Waals surface area contributed by atoms with Crippen LogP contribution in [0.1, 0.15) is 62.5 Å². The molecule has 1 unspecified atom stereocenters. The van der Waals surface area contributed by atoms with Crippen LogP contribution in [0.5, 0.6) is 0 Å². The monoisotopic (exact) mass is 316 g/mol. The number of hydrogen-bond donors (Lipinski definition) is 1. The lowest BCUT2D eigenvalue weighted by Crippen LogP contribution is -2.36. The summed E-state index contributed by atoms with van der Waals surface area (Å²) in [6.45, 7) is 3.59. The Morgan fingerprint density at radius 1 is 1.26 bits per heavy atom. The Morgan fingerprint density at radius 2 is 2.09 bits per heavy atom. The average Bonchev–Trinajstić information content (AvgIpc) is 3.16. The fourth-order valence-corrected chi connectivity index (χ4v) is 4.03. The van der Waals surface area contributed by atoms with E-state index in [0.29, 0.717) is 12.4 Å². The van der Waals surface area contributed by atoms with Crippen LogP contribution in [-0.2, 0) is 4.74 Å². The lowest BCUT2D eigenvalue weighted by Gasteiger charge is -2.30. The van der Waals surface area contributed by atoms with E-state index < -0.39 is 0 Å². The first-order valence-corrected chi connectivity index (χ1v) is 8.75. The maximum absolute atomic E-state index is 12.4. The number of nitrogens with one attached hydrogen (secondary N) is 1. The molecule has 1 aliphatic carbocycles. The third-order valence-corrected chi connectivity index (χ3v) is 5.24. The summed E-state index contributed by atoms with van der Waals surface area (Å²) in [6, 6.07) is 2.09. The number of hydrogen-bond acceptors (Lipinski definition) is 5. The highest BCUT2D eigenvalue weighted by Gasteiger charge is 2.46. The van der Waals surface area contributed by atoms with Crippen LogP contribution in [0.4, 0.5) is 10.6 Å². The summed E-state index contributed by atoms with van der Waals surface area (Å²) in [5.74, 6) is 1.49. The molecule has 3 fully saturated rings. The van der Waals surface area contributed by atoms with Gasteiger partial charge in [0.2, 0.25) is 0 Å². The van der Waals surface area contributed by atoms with Gasteiger partial charge in [-0.05, 0) is 52.0 Å². The minimum absolute atomic E-state index is 0.205. The van der Waals surface area contributed by atoms with Crippen LogP contribution in [0.25, 0.3) is 0 Å². The molecular weight excluding hydrogens is 292 g/mol. The van der Waals surface area contributed by atoms with Crippen LogP contribution in [0.15, 0.2) is 6.07 Å². The number of carbonyl (C=O) groups is 1. The van der Waals surface area contributed by atoms with Gasteiger partial charge >= 0.3 is 6.09 Å². The summed E-state index contributed by atoms with van der Waals surface area (Å²) >= 11 is 0. The first kappa shape index (κ1) is 14.9. The molecule has 6 heteroatoms. The fourth-order valence-electron chi connectivity index (χ4n) is 4.03. The predicted molar refractivity (Wildman–Crippen MR) is 86.4 cm³/mol. The van der Waals surface area contributed by atoms with E-state index in [2.05, 4.69) is 15.3 Å². The second-order valence-corrected chi connectivity index (χ2v) is 7.07. The molecule has 0 aromatic carbocycles. The largest absolute Gasteiger partial charge is 0.441 e. The van der Waals surface area contributed by atoms with Gasteiger partial charge in [0.05, 0.1) is 12.6 Å². The van der Waals surface area contributed by atoms with Gasteiger partial charge in [0.25, 0.3) is 0 Å². The SMILES string of the molecule is Cc1cc(N2CC3(CCCCC3)OC2=O)nc(C2CCCN2)n1. The van der Waals surface area contributed by atoms with Gasteiger partial charge in [-0.15, -0.1) is 0 Å². The molecule has 1 spiro atoms. The third-order valence-electron chi connectivity index (χ3n) is 5.24. The Morgan fingerprint density at radius 3 is 2.83 bits per heavy atom. The van der Waals surface area contributed by atoms with Gasteiger partial charge in [0.15, 0.2) is 0 Å². The first-order chi connectivity index (χ1) is 11.2. The molecule has 2 aliphatic heterocycles. The van der Waals surface area contributed by atoms with Crippen molar-refractivity contribution in [3.63, 3.8) is 0 Å². The van der Waals surface area contributed by atoms with Gasteiger partial charge in [-0.25, -0.2) is 14.8 Å². The summed E-state index contributed by atoms with van der Waals surface area (Å²) in [4.78, 5) is 23.4. The van der Waals surface area contributed by atoms with Gasteiger partial charge in [-0.1, -0.05) is 6.42 Å². The van der Waals surface area contributed by atoms with Crippen LogP contribution in [-0.4, -0.2) is 34.8 Å².